The van der Waals surface area contributed by atoms with Crippen molar-refractivity contribution in [1.29, 1.82) is 0 Å². The fraction of sp³-hybridized carbons (Fsp3) is 0.400. The molecule has 1 unspecified atom stereocenters. The van der Waals surface area contributed by atoms with Gasteiger partial charge in [-0.25, -0.2) is 0 Å². The molecule has 1 aromatic carbocycles. The molecule has 108 valence electrons. The summed E-state index contributed by atoms with van der Waals surface area (Å²) in [6.45, 7) is 3.38. The van der Waals surface area contributed by atoms with Crippen LogP contribution < -0.4 is 14.8 Å². The topological polar surface area (TPSA) is 67.8 Å². The van der Waals surface area contributed by atoms with Gasteiger partial charge in [0.2, 0.25) is 0 Å². The number of rotatable bonds is 6. The van der Waals surface area contributed by atoms with E-state index in [-0.39, 0.29) is 12.5 Å². The van der Waals surface area contributed by atoms with Crippen molar-refractivity contribution in [2.24, 2.45) is 0 Å². The second-order valence-corrected chi connectivity index (χ2v) is 4.26. The molecule has 2 atom stereocenters. The number of carbonyl (C=O) groups excluding carboxylic acids is 1. The molecule has 0 spiro atoms. The molecule has 20 heavy (non-hydrogen) atoms. The summed E-state index contributed by atoms with van der Waals surface area (Å²) in [5, 5.41) is 12.2. The lowest BCUT2D eigenvalue weighted by Crippen LogP contribution is -2.36. The SMILES string of the molecule is C#CCNC(=O)C(C)Oc1cc(OC)ccc1[C@@H](C)O. The Balaban J connectivity index is 2.89. The van der Waals surface area contributed by atoms with Gasteiger partial charge >= 0.3 is 0 Å². The van der Waals surface area contributed by atoms with Crippen LogP contribution in [0, 0.1) is 12.3 Å². The minimum absolute atomic E-state index is 0.147. The van der Waals surface area contributed by atoms with Crippen molar-refractivity contribution in [3.63, 3.8) is 0 Å². The van der Waals surface area contributed by atoms with Crippen molar-refractivity contribution in [1.82, 2.24) is 5.32 Å². The van der Waals surface area contributed by atoms with Gasteiger partial charge in [-0.3, -0.25) is 4.79 Å². The number of aliphatic hydroxyl groups is 1. The van der Waals surface area contributed by atoms with E-state index >= 15 is 0 Å². The third-order valence-corrected chi connectivity index (χ3v) is 2.71. The van der Waals surface area contributed by atoms with Crippen LogP contribution in [-0.2, 0) is 4.79 Å². The molecule has 0 radical (unpaired) electrons. The molecule has 5 heteroatoms. The molecule has 0 aliphatic rings. The smallest absolute Gasteiger partial charge is 0.261 e. The molecule has 0 saturated heterocycles. The van der Waals surface area contributed by atoms with Crippen LogP contribution >= 0.6 is 0 Å². The number of hydrogen-bond acceptors (Lipinski definition) is 4. The van der Waals surface area contributed by atoms with Crippen LogP contribution in [0.1, 0.15) is 25.5 Å². The van der Waals surface area contributed by atoms with Gasteiger partial charge in [0.1, 0.15) is 11.5 Å². The molecule has 2 N–H and O–H groups in total. The van der Waals surface area contributed by atoms with Gasteiger partial charge in [0.15, 0.2) is 6.10 Å². The van der Waals surface area contributed by atoms with E-state index in [2.05, 4.69) is 11.2 Å². The number of methoxy groups -OCH3 is 1. The number of aliphatic hydroxyl groups excluding tert-OH is 1. The third kappa shape index (κ3) is 4.18. The summed E-state index contributed by atoms with van der Waals surface area (Å²) in [5.74, 6) is 2.99. The van der Waals surface area contributed by atoms with Crippen LogP contribution in [0.4, 0.5) is 0 Å². The monoisotopic (exact) mass is 277 g/mol. The summed E-state index contributed by atoms with van der Waals surface area (Å²) in [5.41, 5.74) is 0.586. The highest BCUT2D eigenvalue weighted by Gasteiger charge is 2.18. The van der Waals surface area contributed by atoms with Crippen molar-refractivity contribution in [2.75, 3.05) is 13.7 Å². The summed E-state index contributed by atoms with van der Waals surface area (Å²) >= 11 is 0. The van der Waals surface area contributed by atoms with E-state index in [0.717, 1.165) is 0 Å². The number of terminal acetylenes is 1. The predicted octanol–water partition coefficient (Wildman–Crippen LogP) is 1.27. The average Bonchev–Trinajstić information content (AvgIpc) is 2.44. The normalized spacial score (nSPS) is 12.9. The van der Waals surface area contributed by atoms with Crippen molar-refractivity contribution < 1.29 is 19.4 Å². The molecule has 0 fully saturated rings. The minimum atomic E-state index is -0.729. The Labute approximate surface area is 118 Å². The van der Waals surface area contributed by atoms with Crippen molar-refractivity contribution in [3.8, 4) is 23.8 Å². The number of ether oxygens (including phenoxy) is 2. The summed E-state index contributed by atoms with van der Waals surface area (Å²) in [7, 11) is 1.53. The van der Waals surface area contributed by atoms with Gasteiger partial charge in [-0.05, 0) is 26.0 Å². The van der Waals surface area contributed by atoms with Crippen LogP contribution in [0.5, 0.6) is 11.5 Å². The Bertz CT molecular complexity index is 505. The maximum absolute atomic E-state index is 11.7. The largest absolute Gasteiger partial charge is 0.497 e. The van der Waals surface area contributed by atoms with Crippen molar-refractivity contribution in [2.45, 2.75) is 26.1 Å². The van der Waals surface area contributed by atoms with Crippen LogP contribution in [0.3, 0.4) is 0 Å². The quantitative estimate of drug-likeness (QED) is 0.768. The Hall–Kier alpha value is -2.19. The second-order valence-electron chi connectivity index (χ2n) is 4.26. The van der Waals surface area contributed by atoms with Crippen LogP contribution in [0.15, 0.2) is 18.2 Å². The summed E-state index contributed by atoms with van der Waals surface area (Å²) in [6, 6.07) is 5.05. The first-order valence-electron chi connectivity index (χ1n) is 6.23. The lowest BCUT2D eigenvalue weighted by atomic mass is 10.1. The molecular weight excluding hydrogens is 258 g/mol. The van der Waals surface area contributed by atoms with E-state index in [1.54, 1.807) is 32.0 Å². The average molecular weight is 277 g/mol. The summed E-state index contributed by atoms with van der Waals surface area (Å²) in [4.78, 5) is 11.7. The Morgan fingerprint density at radius 1 is 1.50 bits per heavy atom. The molecule has 5 nitrogen and oxygen atoms in total. The minimum Gasteiger partial charge on any atom is -0.497 e. The van der Waals surface area contributed by atoms with E-state index in [1.807, 2.05) is 0 Å². The highest BCUT2D eigenvalue weighted by atomic mass is 16.5. The highest BCUT2D eigenvalue weighted by molar-refractivity contribution is 5.81. The van der Waals surface area contributed by atoms with E-state index in [0.29, 0.717) is 17.1 Å². The molecule has 1 amide bonds. The number of nitrogens with one attached hydrogen (secondary N) is 1. The van der Waals surface area contributed by atoms with Crippen molar-refractivity contribution in [3.05, 3.63) is 23.8 Å². The zero-order valence-corrected chi connectivity index (χ0v) is 11.8. The maximum atomic E-state index is 11.7. The molecule has 1 aromatic rings. The Morgan fingerprint density at radius 2 is 2.20 bits per heavy atom. The van der Waals surface area contributed by atoms with Crippen LogP contribution in [0.25, 0.3) is 0 Å². The van der Waals surface area contributed by atoms with Gasteiger partial charge in [0.25, 0.3) is 5.91 Å². The Kier molecular flexibility index (Phi) is 5.88. The first kappa shape index (κ1) is 15.9. The van der Waals surface area contributed by atoms with Gasteiger partial charge < -0.3 is 19.9 Å². The van der Waals surface area contributed by atoms with Gasteiger partial charge in [0, 0.05) is 11.6 Å². The Morgan fingerprint density at radius 3 is 2.75 bits per heavy atom. The molecule has 0 aromatic heterocycles. The summed E-state index contributed by atoms with van der Waals surface area (Å²) < 4.78 is 10.7. The van der Waals surface area contributed by atoms with Gasteiger partial charge in [0.05, 0.1) is 19.8 Å². The number of benzene rings is 1. The standard InChI is InChI=1S/C15H19NO4/c1-5-8-16-15(18)11(3)20-14-9-12(19-4)6-7-13(14)10(2)17/h1,6-7,9-11,17H,8H2,2-4H3,(H,16,18)/t10-,11?/m1/s1. The fourth-order valence-corrected chi connectivity index (χ4v) is 1.61. The van der Waals surface area contributed by atoms with Crippen molar-refractivity contribution >= 4 is 5.91 Å². The molecule has 1 rings (SSSR count). The molecule has 0 aliphatic carbocycles. The number of carbonyl (C=O) groups is 1. The zero-order chi connectivity index (χ0) is 15.1. The molecule has 0 heterocycles. The maximum Gasteiger partial charge on any atom is 0.261 e. The fourth-order valence-electron chi connectivity index (χ4n) is 1.61. The number of amides is 1. The molecular formula is C15H19NO4. The molecule has 0 bridgehead atoms. The first-order valence-corrected chi connectivity index (χ1v) is 6.23. The van der Waals surface area contributed by atoms with Gasteiger partial charge in [-0.15, -0.1) is 6.42 Å². The van der Waals surface area contributed by atoms with E-state index in [9.17, 15) is 9.90 Å². The molecule has 0 saturated carbocycles. The zero-order valence-electron chi connectivity index (χ0n) is 11.8. The first-order chi connectivity index (χ1) is 9.49. The van der Waals surface area contributed by atoms with Crippen LogP contribution in [-0.4, -0.2) is 30.8 Å². The summed E-state index contributed by atoms with van der Waals surface area (Å²) in [6.07, 6.45) is 3.64. The van der Waals surface area contributed by atoms with E-state index in [1.165, 1.54) is 7.11 Å². The second kappa shape index (κ2) is 7.41. The highest BCUT2D eigenvalue weighted by Crippen LogP contribution is 2.30. The van der Waals surface area contributed by atoms with Gasteiger partial charge in [-0.2, -0.15) is 0 Å². The van der Waals surface area contributed by atoms with E-state index < -0.39 is 12.2 Å². The lowest BCUT2D eigenvalue weighted by Gasteiger charge is -2.18. The van der Waals surface area contributed by atoms with Crippen LogP contribution in [0.2, 0.25) is 0 Å². The third-order valence-electron chi connectivity index (χ3n) is 2.71. The van der Waals surface area contributed by atoms with Gasteiger partial charge in [-0.1, -0.05) is 5.92 Å². The predicted molar refractivity (Wildman–Crippen MR) is 75.6 cm³/mol. The molecule has 0 aliphatic heterocycles. The number of hydrogen-bond donors (Lipinski definition) is 2. The lowest BCUT2D eigenvalue weighted by molar-refractivity contribution is -0.127. The van der Waals surface area contributed by atoms with E-state index in [4.69, 9.17) is 15.9 Å².